The zero-order chi connectivity index (χ0) is 22.7. The molecule has 1 amide bonds. The molecule has 0 N–H and O–H groups in total. The third-order valence-electron chi connectivity index (χ3n) is 8.04. The minimum atomic E-state index is -2.50. The van der Waals surface area contributed by atoms with Crippen LogP contribution in [-0.4, -0.2) is 84.1 Å². The summed E-state index contributed by atoms with van der Waals surface area (Å²) in [5, 5.41) is 0. The maximum absolute atomic E-state index is 12.9. The zero-order valence-corrected chi connectivity index (χ0v) is 19.4. The van der Waals surface area contributed by atoms with Crippen molar-refractivity contribution in [2.45, 2.75) is 94.7 Å². The predicted molar refractivity (Wildman–Crippen MR) is 115 cm³/mol. The Balaban J connectivity index is 0.980. The summed E-state index contributed by atoms with van der Waals surface area (Å²) >= 11 is 0. The van der Waals surface area contributed by atoms with Gasteiger partial charge in [-0.15, -0.1) is 0 Å². The van der Waals surface area contributed by atoms with Crippen LogP contribution in [-0.2, 0) is 14.2 Å². The maximum Gasteiger partial charge on any atom is 0.410 e. The SMILES string of the molecule is CC(C)=CC[C@H]1O[C@@]1(C)C1OC12CCC(OC(=O)N1CC(CCN3CC(F)(F)C3)C1)CC2. The lowest BCUT2D eigenvalue weighted by molar-refractivity contribution is -0.132. The molecule has 0 radical (unpaired) electrons. The number of nitrogens with zero attached hydrogens (tertiary/aromatic N) is 2. The molecule has 32 heavy (non-hydrogen) atoms. The van der Waals surface area contributed by atoms with Gasteiger partial charge in [-0.2, -0.15) is 0 Å². The van der Waals surface area contributed by atoms with Gasteiger partial charge in [0.05, 0.1) is 24.8 Å². The van der Waals surface area contributed by atoms with Gasteiger partial charge in [0.1, 0.15) is 17.8 Å². The Morgan fingerprint density at radius 1 is 1.16 bits per heavy atom. The molecule has 5 fully saturated rings. The Labute approximate surface area is 189 Å². The lowest BCUT2D eigenvalue weighted by Crippen LogP contribution is -2.57. The van der Waals surface area contributed by atoms with Crippen molar-refractivity contribution in [3.63, 3.8) is 0 Å². The first-order valence-corrected chi connectivity index (χ1v) is 12.1. The summed E-state index contributed by atoms with van der Waals surface area (Å²) in [7, 11) is 0. The van der Waals surface area contributed by atoms with Gasteiger partial charge in [-0.05, 0) is 71.8 Å². The van der Waals surface area contributed by atoms with E-state index in [1.165, 1.54) is 5.57 Å². The smallest absolute Gasteiger partial charge is 0.410 e. The molecule has 8 heteroatoms. The number of allylic oxidation sites excluding steroid dienone is 1. The molecule has 4 aliphatic heterocycles. The van der Waals surface area contributed by atoms with E-state index in [9.17, 15) is 13.6 Å². The van der Waals surface area contributed by atoms with Gasteiger partial charge in [0, 0.05) is 13.1 Å². The van der Waals surface area contributed by atoms with Crippen molar-refractivity contribution < 1.29 is 27.8 Å². The highest BCUT2D eigenvalue weighted by molar-refractivity contribution is 5.68. The summed E-state index contributed by atoms with van der Waals surface area (Å²) in [4.78, 5) is 16.0. The van der Waals surface area contributed by atoms with E-state index in [0.717, 1.165) is 38.5 Å². The minimum absolute atomic E-state index is 0.0465. The van der Waals surface area contributed by atoms with Crippen LogP contribution in [0, 0.1) is 5.92 Å². The molecule has 0 bridgehead atoms. The fourth-order valence-electron chi connectivity index (χ4n) is 5.80. The van der Waals surface area contributed by atoms with Crippen LogP contribution in [0.1, 0.15) is 59.3 Å². The normalized spacial score (nSPS) is 40.4. The number of amides is 1. The van der Waals surface area contributed by atoms with Gasteiger partial charge in [0.25, 0.3) is 5.92 Å². The van der Waals surface area contributed by atoms with Gasteiger partial charge in [0.15, 0.2) is 0 Å². The van der Waals surface area contributed by atoms with Crippen molar-refractivity contribution in [3.8, 4) is 0 Å². The van der Waals surface area contributed by atoms with Crippen molar-refractivity contribution in [2.75, 3.05) is 32.7 Å². The van der Waals surface area contributed by atoms with Crippen LogP contribution in [0.3, 0.4) is 0 Å². The van der Waals surface area contributed by atoms with Crippen LogP contribution in [0.4, 0.5) is 13.6 Å². The van der Waals surface area contributed by atoms with Crippen LogP contribution in [0.15, 0.2) is 11.6 Å². The number of hydrogen-bond donors (Lipinski definition) is 0. The van der Waals surface area contributed by atoms with E-state index in [0.29, 0.717) is 25.6 Å². The number of rotatable bonds is 7. The molecule has 4 heterocycles. The molecule has 1 aliphatic carbocycles. The number of carbonyl (C=O) groups is 1. The van der Waals surface area contributed by atoms with Crippen molar-refractivity contribution in [3.05, 3.63) is 11.6 Å². The van der Waals surface area contributed by atoms with E-state index < -0.39 is 5.92 Å². The Kier molecular flexibility index (Phi) is 5.57. The minimum Gasteiger partial charge on any atom is -0.446 e. The first-order valence-electron chi connectivity index (χ1n) is 12.1. The number of likely N-dealkylation sites (tertiary alicyclic amines) is 2. The standard InChI is InChI=1S/C24H36F2N2O4/c1-16(2)4-5-19-22(3,31-19)20-23(32-20)9-6-18(7-10-23)30-21(29)28-12-17(13-28)8-11-27-14-24(25,26)15-27/h4,17-20H,5-15H2,1-3H3/t18?,19-,20?,22-,23?/m1/s1. The highest BCUT2D eigenvalue weighted by atomic mass is 19.3. The first kappa shape index (κ1) is 22.5. The van der Waals surface area contributed by atoms with E-state index in [1.807, 2.05) is 0 Å². The van der Waals surface area contributed by atoms with Gasteiger partial charge in [-0.25, -0.2) is 13.6 Å². The number of hydrogen-bond acceptors (Lipinski definition) is 5. The topological polar surface area (TPSA) is 57.8 Å². The summed E-state index contributed by atoms with van der Waals surface area (Å²) in [6, 6.07) is 0. The monoisotopic (exact) mass is 454 g/mol. The number of carbonyl (C=O) groups excluding carboxylic acids is 1. The van der Waals surface area contributed by atoms with Gasteiger partial charge < -0.3 is 19.1 Å². The van der Waals surface area contributed by atoms with Crippen molar-refractivity contribution in [2.24, 2.45) is 5.92 Å². The molecule has 1 spiro atoms. The molecule has 5 rings (SSSR count). The van der Waals surface area contributed by atoms with Gasteiger partial charge in [-0.3, -0.25) is 4.90 Å². The molecule has 5 aliphatic rings. The molecule has 1 unspecified atom stereocenters. The van der Waals surface area contributed by atoms with Crippen LogP contribution in [0.25, 0.3) is 0 Å². The van der Waals surface area contributed by atoms with Crippen LogP contribution in [0.5, 0.6) is 0 Å². The van der Waals surface area contributed by atoms with Gasteiger partial charge in [0.2, 0.25) is 0 Å². The first-order chi connectivity index (χ1) is 15.1. The van der Waals surface area contributed by atoms with Gasteiger partial charge >= 0.3 is 6.09 Å². The molecule has 1 saturated carbocycles. The number of halogens is 2. The maximum atomic E-state index is 12.9. The Hall–Kier alpha value is -1.25. The Bertz CT molecular complexity index is 764. The number of alkyl halides is 2. The van der Waals surface area contributed by atoms with Crippen molar-refractivity contribution >= 4 is 6.09 Å². The van der Waals surface area contributed by atoms with E-state index in [1.54, 1.807) is 9.80 Å². The quantitative estimate of drug-likeness (QED) is 0.430. The number of epoxide rings is 2. The fraction of sp³-hybridized carbons (Fsp3) is 0.875. The fourth-order valence-corrected chi connectivity index (χ4v) is 5.80. The van der Waals surface area contributed by atoms with Crippen LogP contribution >= 0.6 is 0 Å². The summed E-state index contributed by atoms with van der Waals surface area (Å²) in [5.74, 6) is -2.11. The molecular formula is C24H36F2N2O4. The van der Waals surface area contributed by atoms with Crippen molar-refractivity contribution in [1.82, 2.24) is 9.80 Å². The molecule has 0 aromatic heterocycles. The lowest BCUT2D eigenvalue weighted by atomic mass is 9.80. The average Bonchev–Trinajstić information content (AvgIpc) is 3.55. The molecule has 0 aromatic rings. The summed E-state index contributed by atoms with van der Waals surface area (Å²) in [6.07, 6.45) is 7.63. The predicted octanol–water partition coefficient (Wildman–Crippen LogP) is 3.99. The Morgan fingerprint density at radius 2 is 1.84 bits per heavy atom. The second kappa shape index (κ2) is 7.91. The van der Waals surface area contributed by atoms with E-state index >= 15 is 0 Å². The van der Waals surface area contributed by atoms with Crippen molar-refractivity contribution in [1.29, 1.82) is 0 Å². The molecular weight excluding hydrogens is 418 g/mol. The second-order valence-corrected chi connectivity index (χ2v) is 11.1. The van der Waals surface area contributed by atoms with Gasteiger partial charge in [-0.1, -0.05) is 11.6 Å². The van der Waals surface area contributed by atoms with E-state index in [4.69, 9.17) is 14.2 Å². The van der Waals surface area contributed by atoms with E-state index in [2.05, 4.69) is 26.8 Å². The second-order valence-electron chi connectivity index (χ2n) is 11.1. The van der Waals surface area contributed by atoms with E-state index in [-0.39, 0.29) is 48.7 Å². The molecule has 6 nitrogen and oxygen atoms in total. The zero-order valence-electron chi connectivity index (χ0n) is 19.4. The molecule has 180 valence electrons. The highest BCUT2D eigenvalue weighted by Gasteiger charge is 2.73. The summed E-state index contributed by atoms with van der Waals surface area (Å²) < 4.78 is 43.7. The summed E-state index contributed by atoms with van der Waals surface area (Å²) in [5.41, 5.74) is 1.05. The number of ether oxygens (including phenoxy) is 3. The Morgan fingerprint density at radius 3 is 2.47 bits per heavy atom. The third kappa shape index (κ3) is 4.42. The largest absolute Gasteiger partial charge is 0.446 e. The third-order valence-corrected chi connectivity index (χ3v) is 8.04. The summed E-state index contributed by atoms with van der Waals surface area (Å²) in [6.45, 7) is 8.16. The average molecular weight is 455 g/mol. The lowest BCUT2D eigenvalue weighted by Gasteiger charge is -2.43. The molecule has 0 aromatic carbocycles. The molecule has 3 atom stereocenters. The molecule has 4 saturated heterocycles. The highest BCUT2D eigenvalue weighted by Crippen LogP contribution is 2.60. The van der Waals surface area contributed by atoms with Crippen LogP contribution < -0.4 is 0 Å². The van der Waals surface area contributed by atoms with Crippen LogP contribution in [0.2, 0.25) is 0 Å².